The summed E-state index contributed by atoms with van der Waals surface area (Å²) in [5, 5.41) is 0. The Bertz CT molecular complexity index is 1090. The summed E-state index contributed by atoms with van der Waals surface area (Å²) in [7, 11) is -0.661. The van der Waals surface area contributed by atoms with Gasteiger partial charge >= 0.3 is 0 Å². The van der Waals surface area contributed by atoms with Gasteiger partial charge in [0.25, 0.3) is 10.2 Å². The second-order valence-electron chi connectivity index (χ2n) is 8.31. The molecule has 2 fully saturated rings. The third-order valence-corrected chi connectivity index (χ3v) is 7.59. The van der Waals surface area contributed by atoms with Crippen molar-refractivity contribution in [3.05, 3.63) is 59.7 Å². The van der Waals surface area contributed by atoms with Crippen LogP contribution in [0, 0.1) is 17.6 Å². The van der Waals surface area contributed by atoms with Crippen molar-refractivity contribution in [1.82, 2.24) is 13.9 Å². The molecule has 1 saturated heterocycles. The van der Waals surface area contributed by atoms with E-state index in [1.165, 1.54) is 32.3 Å². The molecule has 2 aliphatic rings. The molecule has 3 atom stereocenters. The highest BCUT2D eigenvalue weighted by molar-refractivity contribution is 7.87. The van der Waals surface area contributed by atoms with Gasteiger partial charge in [0.05, 0.1) is 5.56 Å². The molecule has 31 heavy (non-hydrogen) atoms. The van der Waals surface area contributed by atoms with Gasteiger partial charge in [0.15, 0.2) is 0 Å². The molecule has 1 aliphatic carbocycles. The number of hydrogen-bond acceptors (Lipinski definition) is 3. The zero-order chi connectivity index (χ0) is 22.3. The standard InChI is InChI=1S/C22H25F2N3O3S/c1-26(2)31(29,30)25-14-10-11-27(13-14)22(28)18-12-17(18)15-6-3-4-7-16(15)21-19(23)8-5-9-20(21)24/h3-9,14,17-18,25H,10-13H2,1-2H3. The third kappa shape index (κ3) is 4.35. The van der Waals surface area contributed by atoms with Crippen molar-refractivity contribution in [1.29, 1.82) is 0 Å². The lowest BCUT2D eigenvalue weighted by Gasteiger charge is -2.19. The van der Waals surface area contributed by atoms with Crippen LogP contribution in [0.1, 0.15) is 24.3 Å². The first kappa shape index (κ1) is 21.9. The van der Waals surface area contributed by atoms with E-state index < -0.39 is 21.8 Å². The Hall–Kier alpha value is -2.36. The monoisotopic (exact) mass is 449 g/mol. The topological polar surface area (TPSA) is 69.7 Å². The van der Waals surface area contributed by atoms with Crippen molar-refractivity contribution in [3.8, 4) is 11.1 Å². The molecule has 4 rings (SSSR count). The van der Waals surface area contributed by atoms with Crippen LogP contribution in [-0.4, -0.2) is 56.8 Å². The van der Waals surface area contributed by atoms with Crippen LogP contribution in [0.5, 0.6) is 0 Å². The van der Waals surface area contributed by atoms with Crippen LogP contribution in [-0.2, 0) is 15.0 Å². The third-order valence-electron chi connectivity index (χ3n) is 6.00. The summed E-state index contributed by atoms with van der Waals surface area (Å²) in [4.78, 5) is 14.7. The number of rotatable bonds is 6. The predicted molar refractivity (Wildman–Crippen MR) is 113 cm³/mol. The average molecular weight is 450 g/mol. The summed E-state index contributed by atoms with van der Waals surface area (Å²) in [6.07, 6.45) is 1.16. The first-order valence-corrected chi connectivity index (χ1v) is 11.6. The second kappa shape index (κ2) is 8.29. The number of nitrogens with zero attached hydrogens (tertiary/aromatic N) is 2. The van der Waals surface area contributed by atoms with E-state index in [2.05, 4.69) is 4.72 Å². The minimum atomic E-state index is -3.56. The average Bonchev–Trinajstić information content (AvgIpc) is 3.38. The van der Waals surface area contributed by atoms with Gasteiger partial charge in [-0.15, -0.1) is 0 Å². The predicted octanol–water partition coefficient (Wildman–Crippen LogP) is 2.73. The minimum Gasteiger partial charge on any atom is -0.341 e. The van der Waals surface area contributed by atoms with Crippen LogP contribution in [0.3, 0.4) is 0 Å². The molecule has 6 nitrogen and oxygen atoms in total. The number of carbonyl (C=O) groups is 1. The Morgan fingerprint density at radius 3 is 2.45 bits per heavy atom. The van der Waals surface area contributed by atoms with E-state index in [0.29, 0.717) is 31.5 Å². The van der Waals surface area contributed by atoms with E-state index in [1.54, 1.807) is 23.1 Å². The molecule has 0 bridgehead atoms. The molecule has 1 heterocycles. The van der Waals surface area contributed by atoms with Gasteiger partial charge in [0.2, 0.25) is 5.91 Å². The minimum absolute atomic E-state index is 0.0413. The lowest BCUT2D eigenvalue weighted by atomic mass is 9.95. The van der Waals surface area contributed by atoms with Crippen molar-refractivity contribution in [3.63, 3.8) is 0 Å². The summed E-state index contributed by atoms with van der Waals surface area (Å²) in [6.45, 7) is 0.797. The quantitative estimate of drug-likeness (QED) is 0.737. The van der Waals surface area contributed by atoms with Crippen molar-refractivity contribution in [2.45, 2.75) is 24.8 Å². The molecule has 9 heteroatoms. The highest BCUT2D eigenvalue weighted by Gasteiger charge is 2.48. The lowest BCUT2D eigenvalue weighted by Crippen LogP contribution is -2.44. The first-order chi connectivity index (χ1) is 14.7. The Morgan fingerprint density at radius 1 is 1.10 bits per heavy atom. The van der Waals surface area contributed by atoms with Crippen molar-refractivity contribution >= 4 is 16.1 Å². The van der Waals surface area contributed by atoms with E-state index in [9.17, 15) is 22.0 Å². The highest BCUT2D eigenvalue weighted by Crippen LogP contribution is 2.51. The maximum atomic E-state index is 14.4. The largest absolute Gasteiger partial charge is 0.341 e. The van der Waals surface area contributed by atoms with Gasteiger partial charge in [-0.2, -0.15) is 17.4 Å². The molecule has 2 aromatic rings. The number of benzene rings is 2. The maximum absolute atomic E-state index is 14.4. The molecule has 0 spiro atoms. The Labute approximate surface area is 181 Å². The number of halogens is 2. The van der Waals surface area contributed by atoms with Gasteiger partial charge in [-0.25, -0.2) is 8.78 Å². The van der Waals surface area contributed by atoms with Crippen molar-refractivity contribution in [2.75, 3.05) is 27.2 Å². The summed E-state index contributed by atoms with van der Waals surface area (Å²) < 4.78 is 56.5. The zero-order valence-corrected chi connectivity index (χ0v) is 18.2. The highest BCUT2D eigenvalue weighted by atomic mass is 32.2. The van der Waals surface area contributed by atoms with Gasteiger partial charge in [-0.1, -0.05) is 30.3 Å². The summed E-state index contributed by atoms with van der Waals surface area (Å²) >= 11 is 0. The zero-order valence-electron chi connectivity index (χ0n) is 17.4. The molecule has 1 N–H and O–H groups in total. The molecular formula is C22H25F2N3O3S. The number of amides is 1. The fourth-order valence-corrected chi connectivity index (χ4v) is 5.05. The SMILES string of the molecule is CN(C)S(=O)(=O)NC1CCN(C(=O)C2CC2c2ccccc2-c2c(F)cccc2F)C1. The number of likely N-dealkylation sites (tertiary alicyclic amines) is 1. The summed E-state index contributed by atoms with van der Waals surface area (Å²) in [5.74, 6) is -1.68. The van der Waals surface area contributed by atoms with Gasteiger partial charge in [0, 0.05) is 39.1 Å². The Balaban J connectivity index is 1.48. The van der Waals surface area contributed by atoms with Crippen molar-refractivity contribution < 1.29 is 22.0 Å². The van der Waals surface area contributed by atoms with Crippen molar-refractivity contribution in [2.24, 2.45) is 5.92 Å². The number of nitrogens with one attached hydrogen (secondary N) is 1. The molecule has 0 aromatic heterocycles. The van der Waals surface area contributed by atoms with Gasteiger partial charge in [-0.3, -0.25) is 4.79 Å². The molecule has 1 aliphatic heterocycles. The molecule has 1 saturated carbocycles. The van der Waals surface area contributed by atoms with Crippen LogP contribution in [0.2, 0.25) is 0 Å². The summed E-state index contributed by atoms with van der Waals surface area (Å²) in [5.41, 5.74) is 1.15. The van der Waals surface area contributed by atoms with E-state index in [0.717, 1.165) is 9.87 Å². The van der Waals surface area contributed by atoms with Crippen LogP contribution in [0.25, 0.3) is 11.1 Å². The molecule has 1 amide bonds. The normalized spacial score (nSPS) is 23.4. The fraction of sp³-hybridized carbons (Fsp3) is 0.409. The molecular weight excluding hydrogens is 424 g/mol. The number of hydrogen-bond donors (Lipinski definition) is 1. The fourth-order valence-electron chi connectivity index (χ4n) is 4.22. The van der Waals surface area contributed by atoms with E-state index in [-0.39, 0.29) is 29.3 Å². The van der Waals surface area contributed by atoms with Crippen LogP contribution in [0.15, 0.2) is 42.5 Å². The van der Waals surface area contributed by atoms with Gasteiger partial charge in [-0.05, 0) is 42.0 Å². The molecule has 0 radical (unpaired) electrons. The van der Waals surface area contributed by atoms with Gasteiger partial charge in [0.1, 0.15) is 11.6 Å². The lowest BCUT2D eigenvalue weighted by molar-refractivity contribution is -0.131. The van der Waals surface area contributed by atoms with E-state index in [4.69, 9.17) is 0 Å². The van der Waals surface area contributed by atoms with Gasteiger partial charge < -0.3 is 4.90 Å². The summed E-state index contributed by atoms with van der Waals surface area (Å²) in [6, 6.07) is 10.5. The molecule has 3 unspecified atom stereocenters. The Kier molecular flexibility index (Phi) is 5.85. The molecule has 166 valence electrons. The van der Waals surface area contributed by atoms with Crippen LogP contribution in [0.4, 0.5) is 8.78 Å². The maximum Gasteiger partial charge on any atom is 0.279 e. The van der Waals surface area contributed by atoms with E-state index >= 15 is 0 Å². The molecule has 2 aromatic carbocycles. The number of carbonyl (C=O) groups excluding carboxylic acids is 1. The van der Waals surface area contributed by atoms with E-state index in [1.807, 2.05) is 6.07 Å². The smallest absolute Gasteiger partial charge is 0.279 e. The van der Waals surface area contributed by atoms with Crippen LogP contribution >= 0.6 is 0 Å². The second-order valence-corrected chi connectivity index (χ2v) is 10.2. The van der Waals surface area contributed by atoms with Crippen LogP contribution < -0.4 is 4.72 Å². The first-order valence-electron chi connectivity index (χ1n) is 10.2. The Morgan fingerprint density at radius 2 is 1.77 bits per heavy atom.